The molecule has 0 radical (unpaired) electrons. The molecule has 2 aromatic carbocycles. The van der Waals surface area contributed by atoms with Gasteiger partial charge in [0.05, 0.1) is 7.11 Å². The number of hydrazine groups is 1. The lowest BCUT2D eigenvalue weighted by molar-refractivity contribution is 0.0641. The van der Waals surface area contributed by atoms with Crippen molar-refractivity contribution in [1.29, 1.82) is 0 Å². The first-order valence-corrected chi connectivity index (χ1v) is 8.02. The van der Waals surface area contributed by atoms with Crippen molar-refractivity contribution in [2.24, 2.45) is 5.84 Å². The molecule has 2 atom stereocenters. The van der Waals surface area contributed by atoms with Crippen LogP contribution in [-0.4, -0.2) is 30.0 Å². The SMILES string of the molecule is COc1ccc(CN(C(=O)c2ccccc2)C(C)[C@@H](C)NN)cc1. The molecule has 0 heterocycles. The molecule has 128 valence electrons. The van der Waals surface area contributed by atoms with Gasteiger partial charge in [0.15, 0.2) is 0 Å². The number of methoxy groups -OCH3 is 1. The van der Waals surface area contributed by atoms with Gasteiger partial charge in [0.2, 0.25) is 0 Å². The van der Waals surface area contributed by atoms with Crippen molar-refractivity contribution in [1.82, 2.24) is 10.3 Å². The van der Waals surface area contributed by atoms with Crippen LogP contribution >= 0.6 is 0 Å². The van der Waals surface area contributed by atoms with E-state index < -0.39 is 0 Å². The number of carbonyl (C=O) groups excluding carboxylic acids is 1. The van der Waals surface area contributed by atoms with Gasteiger partial charge in [0, 0.05) is 24.2 Å². The second kappa shape index (κ2) is 8.47. The minimum atomic E-state index is -0.0650. The molecular weight excluding hydrogens is 302 g/mol. The molecule has 0 bridgehead atoms. The van der Waals surface area contributed by atoms with Crippen LogP contribution in [0.4, 0.5) is 0 Å². The van der Waals surface area contributed by atoms with E-state index in [-0.39, 0.29) is 18.0 Å². The van der Waals surface area contributed by atoms with Crippen molar-refractivity contribution in [3.8, 4) is 5.75 Å². The second-order valence-corrected chi connectivity index (χ2v) is 5.84. The van der Waals surface area contributed by atoms with E-state index in [0.29, 0.717) is 12.1 Å². The van der Waals surface area contributed by atoms with Crippen LogP contribution in [0.15, 0.2) is 54.6 Å². The average molecular weight is 327 g/mol. The predicted octanol–water partition coefficient (Wildman–Crippen LogP) is 2.58. The van der Waals surface area contributed by atoms with Crippen LogP contribution in [0.5, 0.6) is 5.75 Å². The second-order valence-electron chi connectivity index (χ2n) is 5.84. The Morgan fingerprint density at radius 3 is 2.29 bits per heavy atom. The smallest absolute Gasteiger partial charge is 0.254 e. The zero-order chi connectivity index (χ0) is 17.5. The number of nitrogens with zero attached hydrogens (tertiary/aromatic N) is 1. The third kappa shape index (κ3) is 4.34. The summed E-state index contributed by atoms with van der Waals surface area (Å²) in [6.45, 7) is 4.46. The van der Waals surface area contributed by atoms with Gasteiger partial charge >= 0.3 is 0 Å². The van der Waals surface area contributed by atoms with Crippen molar-refractivity contribution in [3.63, 3.8) is 0 Å². The molecule has 2 rings (SSSR count). The molecule has 1 amide bonds. The third-order valence-corrected chi connectivity index (χ3v) is 4.27. The van der Waals surface area contributed by atoms with E-state index in [9.17, 15) is 4.79 Å². The van der Waals surface area contributed by atoms with Crippen LogP contribution in [0.2, 0.25) is 0 Å². The van der Waals surface area contributed by atoms with E-state index >= 15 is 0 Å². The Balaban J connectivity index is 2.26. The van der Waals surface area contributed by atoms with E-state index in [1.165, 1.54) is 0 Å². The van der Waals surface area contributed by atoms with Crippen LogP contribution in [0.25, 0.3) is 0 Å². The summed E-state index contributed by atoms with van der Waals surface area (Å²) in [5, 5.41) is 0. The Morgan fingerprint density at radius 1 is 1.12 bits per heavy atom. The van der Waals surface area contributed by atoms with Gasteiger partial charge in [0.25, 0.3) is 5.91 Å². The van der Waals surface area contributed by atoms with Gasteiger partial charge in [-0.3, -0.25) is 16.1 Å². The average Bonchev–Trinajstić information content (AvgIpc) is 2.65. The topological polar surface area (TPSA) is 67.6 Å². The van der Waals surface area contributed by atoms with Crippen molar-refractivity contribution < 1.29 is 9.53 Å². The molecule has 1 unspecified atom stereocenters. The number of carbonyl (C=O) groups is 1. The van der Waals surface area contributed by atoms with Crippen LogP contribution < -0.4 is 16.0 Å². The molecule has 0 aliphatic heterocycles. The predicted molar refractivity (Wildman–Crippen MR) is 95.6 cm³/mol. The largest absolute Gasteiger partial charge is 0.497 e. The molecule has 0 aliphatic rings. The van der Waals surface area contributed by atoms with Gasteiger partial charge < -0.3 is 9.64 Å². The molecule has 2 aromatic rings. The zero-order valence-electron chi connectivity index (χ0n) is 14.4. The summed E-state index contributed by atoms with van der Waals surface area (Å²) in [5.41, 5.74) is 4.45. The van der Waals surface area contributed by atoms with Crippen molar-refractivity contribution in [2.75, 3.05) is 7.11 Å². The highest BCUT2D eigenvalue weighted by molar-refractivity contribution is 5.94. The Bertz CT molecular complexity index is 643. The molecule has 24 heavy (non-hydrogen) atoms. The summed E-state index contributed by atoms with van der Waals surface area (Å²) < 4.78 is 5.19. The highest BCUT2D eigenvalue weighted by Crippen LogP contribution is 2.18. The molecular formula is C19H25N3O2. The van der Waals surface area contributed by atoms with Gasteiger partial charge in [0.1, 0.15) is 5.75 Å². The monoisotopic (exact) mass is 327 g/mol. The first kappa shape index (κ1) is 18.0. The Morgan fingerprint density at radius 2 is 1.75 bits per heavy atom. The number of benzene rings is 2. The number of hydrogen-bond acceptors (Lipinski definition) is 4. The maximum atomic E-state index is 13.0. The zero-order valence-corrected chi connectivity index (χ0v) is 14.4. The van der Waals surface area contributed by atoms with Gasteiger partial charge in [-0.2, -0.15) is 0 Å². The number of nitrogens with two attached hydrogens (primary N) is 1. The van der Waals surface area contributed by atoms with Crippen LogP contribution in [0.1, 0.15) is 29.8 Å². The minimum Gasteiger partial charge on any atom is -0.497 e. The van der Waals surface area contributed by atoms with E-state index in [1.54, 1.807) is 7.11 Å². The maximum Gasteiger partial charge on any atom is 0.254 e. The number of ether oxygens (including phenoxy) is 1. The number of rotatable bonds is 7. The Kier molecular flexibility index (Phi) is 6.35. The molecule has 0 saturated heterocycles. The summed E-state index contributed by atoms with van der Waals surface area (Å²) in [4.78, 5) is 14.8. The lowest BCUT2D eigenvalue weighted by atomic mass is 10.1. The van der Waals surface area contributed by atoms with E-state index in [4.69, 9.17) is 10.6 Å². The van der Waals surface area contributed by atoms with Crippen LogP contribution in [0, 0.1) is 0 Å². The molecule has 0 spiro atoms. The fourth-order valence-corrected chi connectivity index (χ4v) is 2.48. The quantitative estimate of drug-likeness (QED) is 0.606. The molecule has 0 aliphatic carbocycles. The minimum absolute atomic E-state index is 0.0129. The van der Waals surface area contributed by atoms with Gasteiger partial charge in [-0.05, 0) is 43.7 Å². The highest BCUT2D eigenvalue weighted by Gasteiger charge is 2.25. The summed E-state index contributed by atoms with van der Waals surface area (Å²) in [7, 11) is 1.64. The maximum absolute atomic E-state index is 13.0. The van der Waals surface area contributed by atoms with Gasteiger partial charge in [-0.25, -0.2) is 0 Å². The van der Waals surface area contributed by atoms with E-state index in [1.807, 2.05) is 73.3 Å². The molecule has 0 saturated carbocycles. The lowest BCUT2D eigenvalue weighted by Gasteiger charge is -2.33. The van der Waals surface area contributed by atoms with Gasteiger partial charge in [-0.1, -0.05) is 30.3 Å². The Labute approximate surface area is 143 Å². The summed E-state index contributed by atoms with van der Waals surface area (Å²) in [6.07, 6.45) is 0. The fraction of sp³-hybridized carbons (Fsp3) is 0.316. The summed E-state index contributed by atoms with van der Waals surface area (Å²) in [5.74, 6) is 6.36. The van der Waals surface area contributed by atoms with E-state index in [0.717, 1.165) is 11.3 Å². The number of nitrogens with one attached hydrogen (secondary N) is 1. The van der Waals surface area contributed by atoms with E-state index in [2.05, 4.69) is 5.43 Å². The van der Waals surface area contributed by atoms with Crippen molar-refractivity contribution >= 4 is 5.91 Å². The number of hydrogen-bond donors (Lipinski definition) is 2. The molecule has 5 nitrogen and oxygen atoms in total. The van der Waals surface area contributed by atoms with Crippen LogP contribution in [-0.2, 0) is 6.54 Å². The standard InChI is InChI=1S/C19H25N3O2/c1-14(21-20)15(2)22(19(23)17-7-5-4-6-8-17)13-16-9-11-18(24-3)12-10-16/h4-12,14-15,21H,13,20H2,1-3H3/t14-,15?/m1/s1. The summed E-state index contributed by atoms with van der Waals surface area (Å²) in [6, 6.07) is 16.9. The normalized spacial score (nSPS) is 13.2. The lowest BCUT2D eigenvalue weighted by Crippen LogP contribution is -2.51. The summed E-state index contributed by atoms with van der Waals surface area (Å²) >= 11 is 0. The number of amides is 1. The fourth-order valence-electron chi connectivity index (χ4n) is 2.48. The Hall–Kier alpha value is -2.37. The first-order valence-electron chi connectivity index (χ1n) is 8.02. The first-order chi connectivity index (χ1) is 11.6. The molecule has 3 N–H and O–H groups in total. The third-order valence-electron chi connectivity index (χ3n) is 4.27. The van der Waals surface area contributed by atoms with Crippen LogP contribution in [0.3, 0.4) is 0 Å². The molecule has 5 heteroatoms. The van der Waals surface area contributed by atoms with Crippen molar-refractivity contribution in [3.05, 3.63) is 65.7 Å². The van der Waals surface area contributed by atoms with Gasteiger partial charge in [-0.15, -0.1) is 0 Å². The molecule has 0 aromatic heterocycles. The molecule has 0 fully saturated rings. The highest BCUT2D eigenvalue weighted by atomic mass is 16.5. The van der Waals surface area contributed by atoms with Crippen molar-refractivity contribution in [2.45, 2.75) is 32.5 Å².